The van der Waals surface area contributed by atoms with Crippen LogP contribution in [0.1, 0.15) is 52.4 Å². The van der Waals surface area contributed by atoms with Gasteiger partial charge in [0.05, 0.1) is 17.4 Å². The molecule has 1 amide bonds. The molecule has 2 aromatic rings. The first kappa shape index (κ1) is 18.9. The van der Waals surface area contributed by atoms with Gasteiger partial charge in [-0.05, 0) is 45.9 Å². The zero-order chi connectivity index (χ0) is 19.8. The summed E-state index contributed by atoms with van der Waals surface area (Å²) in [7, 11) is 2.16. The number of rotatable bonds is 3. The van der Waals surface area contributed by atoms with Crippen LogP contribution in [0.4, 0.5) is 5.69 Å². The predicted molar refractivity (Wildman–Crippen MR) is 108 cm³/mol. The number of carbonyl (C=O) groups is 1. The van der Waals surface area contributed by atoms with E-state index >= 15 is 0 Å². The van der Waals surface area contributed by atoms with E-state index in [2.05, 4.69) is 34.0 Å². The van der Waals surface area contributed by atoms with Crippen molar-refractivity contribution in [1.82, 2.24) is 19.8 Å². The number of hydrogen-bond donors (Lipinski definition) is 0. The molecule has 0 aliphatic carbocycles. The third kappa shape index (κ3) is 3.63. The molecule has 0 spiro atoms. The van der Waals surface area contributed by atoms with E-state index in [1.54, 1.807) is 6.92 Å². The average molecular weight is 383 g/mol. The van der Waals surface area contributed by atoms with Gasteiger partial charge in [0.25, 0.3) is 5.91 Å². The van der Waals surface area contributed by atoms with E-state index in [-0.39, 0.29) is 11.9 Å². The molecule has 4 rings (SSSR count). The zero-order valence-electron chi connectivity index (χ0n) is 17.2. The third-order valence-corrected chi connectivity index (χ3v) is 5.78. The number of aromatic nitrogens is 2. The van der Waals surface area contributed by atoms with Gasteiger partial charge in [0.2, 0.25) is 5.76 Å². The van der Waals surface area contributed by atoms with Crippen molar-refractivity contribution in [3.8, 4) is 0 Å². The molecule has 0 radical (unpaired) electrons. The molecule has 2 aliphatic heterocycles. The Balaban J connectivity index is 1.60. The first-order valence-corrected chi connectivity index (χ1v) is 10.1. The van der Waals surface area contributed by atoms with Gasteiger partial charge in [0.15, 0.2) is 5.89 Å². The fourth-order valence-electron chi connectivity index (χ4n) is 4.27. The SMILES string of the molecule is Cc1cc(N2CCN(C)CC2)cc([C@@H]2CCCN2C(=O)c2oc(C)nc2C)n1. The van der Waals surface area contributed by atoms with Gasteiger partial charge in [-0.25, -0.2) is 4.98 Å². The molecule has 0 saturated carbocycles. The standard InChI is InChI=1S/C21H29N5O2/c1-14-12-17(25-10-8-24(4)9-11-25)13-18(22-14)19-6-5-7-26(19)21(27)20-15(2)23-16(3)28-20/h12-13,19H,5-11H2,1-4H3/t19-/m0/s1. The van der Waals surface area contributed by atoms with Crippen LogP contribution in [0, 0.1) is 20.8 Å². The third-order valence-electron chi connectivity index (χ3n) is 5.78. The van der Waals surface area contributed by atoms with Crippen molar-refractivity contribution in [2.24, 2.45) is 0 Å². The predicted octanol–water partition coefficient (Wildman–Crippen LogP) is 2.72. The van der Waals surface area contributed by atoms with Crippen LogP contribution in [-0.2, 0) is 0 Å². The second-order valence-corrected chi connectivity index (χ2v) is 7.99. The molecule has 2 aliphatic rings. The summed E-state index contributed by atoms with van der Waals surface area (Å²) in [5.41, 5.74) is 3.84. The lowest BCUT2D eigenvalue weighted by Gasteiger charge is -2.34. The molecule has 1 atom stereocenters. The molecule has 150 valence electrons. The first-order chi connectivity index (χ1) is 13.4. The van der Waals surface area contributed by atoms with E-state index < -0.39 is 0 Å². The summed E-state index contributed by atoms with van der Waals surface area (Å²) in [6, 6.07) is 4.32. The minimum Gasteiger partial charge on any atom is -0.436 e. The number of hydrogen-bond acceptors (Lipinski definition) is 6. The van der Waals surface area contributed by atoms with Crippen molar-refractivity contribution in [2.75, 3.05) is 44.7 Å². The summed E-state index contributed by atoms with van der Waals surface area (Å²) in [5.74, 6) is 0.809. The summed E-state index contributed by atoms with van der Waals surface area (Å²) in [6.07, 6.45) is 1.90. The Labute approximate surface area is 166 Å². The monoisotopic (exact) mass is 383 g/mol. The summed E-state index contributed by atoms with van der Waals surface area (Å²) >= 11 is 0. The maximum absolute atomic E-state index is 13.1. The van der Waals surface area contributed by atoms with Crippen LogP contribution < -0.4 is 4.90 Å². The molecule has 0 N–H and O–H groups in total. The first-order valence-electron chi connectivity index (χ1n) is 10.1. The maximum Gasteiger partial charge on any atom is 0.292 e. The molecule has 0 bridgehead atoms. The topological polar surface area (TPSA) is 65.7 Å². The van der Waals surface area contributed by atoms with Crippen LogP contribution >= 0.6 is 0 Å². The van der Waals surface area contributed by atoms with E-state index in [9.17, 15) is 4.79 Å². The molecular weight excluding hydrogens is 354 g/mol. The highest BCUT2D eigenvalue weighted by atomic mass is 16.4. The number of likely N-dealkylation sites (tertiary alicyclic amines) is 1. The molecule has 0 unspecified atom stereocenters. The van der Waals surface area contributed by atoms with Gasteiger partial charge in [-0.15, -0.1) is 0 Å². The number of oxazole rings is 1. The van der Waals surface area contributed by atoms with Gasteiger partial charge in [0, 0.05) is 51.0 Å². The smallest absolute Gasteiger partial charge is 0.292 e. The molecular formula is C21H29N5O2. The molecule has 7 nitrogen and oxygen atoms in total. The zero-order valence-corrected chi connectivity index (χ0v) is 17.2. The Bertz CT molecular complexity index is 870. The second kappa shape index (κ2) is 7.54. The van der Waals surface area contributed by atoms with Crippen molar-refractivity contribution in [3.63, 3.8) is 0 Å². The summed E-state index contributed by atoms with van der Waals surface area (Å²) in [4.78, 5) is 28.9. The van der Waals surface area contributed by atoms with Gasteiger partial charge in [-0.1, -0.05) is 0 Å². The molecule has 0 aromatic carbocycles. The second-order valence-electron chi connectivity index (χ2n) is 7.99. The number of nitrogens with zero attached hydrogens (tertiary/aromatic N) is 5. The number of likely N-dealkylation sites (N-methyl/N-ethyl adjacent to an activating group) is 1. The Hall–Kier alpha value is -2.41. The number of amides is 1. The highest BCUT2D eigenvalue weighted by molar-refractivity contribution is 5.93. The minimum atomic E-state index is -0.0787. The summed E-state index contributed by atoms with van der Waals surface area (Å²) < 4.78 is 5.59. The van der Waals surface area contributed by atoms with Crippen molar-refractivity contribution >= 4 is 11.6 Å². The Morgan fingerprint density at radius 2 is 1.82 bits per heavy atom. The van der Waals surface area contributed by atoms with E-state index in [4.69, 9.17) is 9.40 Å². The van der Waals surface area contributed by atoms with Crippen molar-refractivity contribution < 1.29 is 9.21 Å². The van der Waals surface area contributed by atoms with Crippen LogP contribution in [-0.4, -0.2) is 65.4 Å². The van der Waals surface area contributed by atoms with Gasteiger partial charge in [-0.3, -0.25) is 9.78 Å². The fourth-order valence-corrected chi connectivity index (χ4v) is 4.27. The minimum absolute atomic E-state index is 0.0107. The number of pyridine rings is 1. The molecule has 4 heterocycles. The number of aryl methyl sites for hydroxylation is 3. The molecule has 28 heavy (non-hydrogen) atoms. The number of piperazine rings is 1. The molecule has 2 saturated heterocycles. The lowest BCUT2D eigenvalue weighted by Crippen LogP contribution is -2.44. The highest BCUT2D eigenvalue weighted by Crippen LogP contribution is 2.34. The van der Waals surface area contributed by atoms with Gasteiger partial charge in [-0.2, -0.15) is 0 Å². The lowest BCUT2D eigenvalue weighted by atomic mass is 10.1. The number of anilines is 1. The fraction of sp³-hybridized carbons (Fsp3) is 0.571. The normalized spacial score (nSPS) is 20.8. The largest absolute Gasteiger partial charge is 0.436 e. The van der Waals surface area contributed by atoms with Crippen LogP contribution in [0.25, 0.3) is 0 Å². The van der Waals surface area contributed by atoms with Gasteiger partial charge < -0.3 is 19.1 Å². The summed E-state index contributed by atoms with van der Waals surface area (Å²) in [5, 5.41) is 0. The van der Waals surface area contributed by atoms with Crippen molar-refractivity contribution in [2.45, 2.75) is 39.7 Å². The van der Waals surface area contributed by atoms with E-state index in [0.717, 1.165) is 57.0 Å². The molecule has 2 fully saturated rings. The van der Waals surface area contributed by atoms with Crippen LogP contribution in [0.2, 0.25) is 0 Å². The van der Waals surface area contributed by atoms with Crippen LogP contribution in [0.3, 0.4) is 0 Å². The molecule has 7 heteroatoms. The van der Waals surface area contributed by atoms with E-state index in [1.807, 2.05) is 18.7 Å². The van der Waals surface area contributed by atoms with Gasteiger partial charge in [0.1, 0.15) is 0 Å². The lowest BCUT2D eigenvalue weighted by molar-refractivity contribution is 0.0698. The summed E-state index contributed by atoms with van der Waals surface area (Å²) in [6.45, 7) is 10.5. The molecule has 2 aromatic heterocycles. The van der Waals surface area contributed by atoms with E-state index in [1.165, 1.54) is 5.69 Å². The average Bonchev–Trinajstić information content (AvgIpc) is 3.27. The highest BCUT2D eigenvalue weighted by Gasteiger charge is 2.34. The number of carbonyl (C=O) groups excluding carboxylic acids is 1. The quantitative estimate of drug-likeness (QED) is 0.812. The van der Waals surface area contributed by atoms with Gasteiger partial charge >= 0.3 is 0 Å². The van der Waals surface area contributed by atoms with Crippen LogP contribution in [0.5, 0.6) is 0 Å². The Morgan fingerprint density at radius 1 is 1.07 bits per heavy atom. The van der Waals surface area contributed by atoms with E-state index in [0.29, 0.717) is 17.3 Å². The van der Waals surface area contributed by atoms with Crippen molar-refractivity contribution in [1.29, 1.82) is 0 Å². The van der Waals surface area contributed by atoms with Crippen molar-refractivity contribution in [3.05, 3.63) is 40.9 Å². The van der Waals surface area contributed by atoms with Crippen LogP contribution in [0.15, 0.2) is 16.5 Å². The Kier molecular flexibility index (Phi) is 5.10. The Morgan fingerprint density at radius 3 is 2.50 bits per heavy atom. The maximum atomic E-state index is 13.1.